The van der Waals surface area contributed by atoms with Gasteiger partial charge in [-0.25, -0.2) is 0 Å². The summed E-state index contributed by atoms with van der Waals surface area (Å²) in [6.45, 7) is 1.21. The Balaban J connectivity index is 1.31. The Bertz CT molecular complexity index is 981. The van der Waals surface area contributed by atoms with Crippen molar-refractivity contribution < 1.29 is 22.7 Å². The summed E-state index contributed by atoms with van der Waals surface area (Å²) in [6.07, 6.45) is -1.20. The summed E-state index contributed by atoms with van der Waals surface area (Å²) < 4.78 is 45.0. The molecule has 0 spiro atoms. The summed E-state index contributed by atoms with van der Waals surface area (Å²) in [5.41, 5.74) is -0.429. The fraction of sp³-hybridized carbons (Fsp3) is 0.458. The predicted octanol–water partition coefficient (Wildman–Crippen LogP) is 6.11. The molecule has 1 fully saturated rings. The molecule has 2 aromatic rings. The van der Waals surface area contributed by atoms with Gasteiger partial charge >= 0.3 is 6.18 Å². The van der Waals surface area contributed by atoms with Crippen molar-refractivity contribution in [3.63, 3.8) is 0 Å². The third kappa shape index (κ3) is 8.70. The van der Waals surface area contributed by atoms with E-state index in [9.17, 15) is 22.9 Å². The monoisotopic (exact) mass is 512 g/mol. The molecule has 7 nitrogen and oxygen atoms in total. The first-order chi connectivity index (χ1) is 16.7. The SMILES string of the molecule is O=Nc1ccc(NC2CCC(OCC(=O)NCCCNc3ccc(Cl)cc3)CC2)cc1C(F)(F)F. The maximum Gasteiger partial charge on any atom is 0.418 e. The van der Waals surface area contributed by atoms with Gasteiger partial charge in [0, 0.05) is 35.5 Å². The molecule has 0 saturated heterocycles. The number of rotatable bonds is 11. The summed E-state index contributed by atoms with van der Waals surface area (Å²) in [5, 5.41) is 12.3. The van der Waals surface area contributed by atoms with Crippen LogP contribution in [-0.4, -0.2) is 37.7 Å². The molecule has 3 N–H and O–H groups in total. The number of ether oxygens (including phenoxy) is 1. The number of nitrogens with one attached hydrogen (secondary N) is 3. The number of carbonyl (C=O) groups is 1. The van der Waals surface area contributed by atoms with E-state index in [2.05, 4.69) is 21.1 Å². The van der Waals surface area contributed by atoms with Crippen LogP contribution >= 0.6 is 11.6 Å². The first-order valence-electron chi connectivity index (χ1n) is 11.4. The van der Waals surface area contributed by atoms with Crippen molar-refractivity contribution in [2.24, 2.45) is 5.18 Å². The Labute approximate surface area is 206 Å². The quantitative estimate of drug-likeness (QED) is 0.249. The van der Waals surface area contributed by atoms with E-state index in [0.717, 1.165) is 24.2 Å². The zero-order chi connectivity index (χ0) is 25.3. The fourth-order valence-corrected chi connectivity index (χ4v) is 4.03. The van der Waals surface area contributed by atoms with E-state index >= 15 is 0 Å². The Hall–Kier alpha value is -2.85. The van der Waals surface area contributed by atoms with Crippen LogP contribution in [0.15, 0.2) is 47.6 Å². The lowest BCUT2D eigenvalue weighted by atomic mass is 9.92. The van der Waals surface area contributed by atoms with E-state index in [-0.39, 0.29) is 24.7 Å². The molecule has 0 heterocycles. The van der Waals surface area contributed by atoms with Crippen molar-refractivity contribution in [3.05, 3.63) is 58.0 Å². The van der Waals surface area contributed by atoms with Crippen molar-refractivity contribution in [2.45, 2.75) is 50.4 Å². The molecule has 3 rings (SSSR count). The molecule has 0 radical (unpaired) electrons. The number of halogens is 4. The maximum absolute atomic E-state index is 13.1. The van der Waals surface area contributed by atoms with Crippen molar-refractivity contribution in [2.75, 3.05) is 30.3 Å². The summed E-state index contributed by atoms with van der Waals surface area (Å²) in [4.78, 5) is 22.7. The van der Waals surface area contributed by atoms with Gasteiger partial charge in [0.15, 0.2) is 0 Å². The van der Waals surface area contributed by atoms with Crippen LogP contribution < -0.4 is 16.0 Å². The van der Waals surface area contributed by atoms with Gasteiger partial charge in [0.2, 0.25) is 5.91 Å². The van der Waals surface area contributed by atoms with Crippen LogP contribution in [0.4, 0.5) is 30.2 Å². The Kier molecular flexibility index (Phi) is 9.73. The summed E-state index contributed by atoms with van der Waals surface area (Å²) in [7, 11) is 0. The van der Waals surface area contributed by atoms with Crippen LogP contribution in [0.2, 0.25) is 5.02 Å². The molecular weight excluding hydrogens is 485 g/mol. The molecule has 0 bridgehead atoms. The molecule has 190 valence electrons. The number of alkyl halides is 3. The standard InChI is InChI=1S/C24H28ClF3N4O3/c25-16-2-4-17(5-3-16)29-12-1-13-30-23(33)15-35-20-9-6-18(7-10-20)31-19-8-11-22(32-34)21(14-19)24(26,27)28/h2-5,8,11,14,18,20,29,31H,1,6-7,9-10,12-13,15H2,(H,30,33). The normalized spacial score (nSPS) is 18.1. The molecule has 1 amide bonds. The Morgan fingerprint density at radius 3 is 2.37 bits per heavy atom. The molecule has 11 heteroatoms. The molecule has 0 aliphatic heterocycles. The number of hydrogen-bond acceptors (Lipinski definition) is 6. The minimum Gasteiger partial charge on any atom is -0.385 e. The molecule has 2 aromatic carbocycles. The van der Waals surface area contributed by atoms with Crippen molar-refractivity contribution in [1.82, 2.24) is 5.32 Å². The molecular formula is C24H28ClF3N4O3. The first kappa shape index (κ1) is 26.7. The van der Waals surface area contributed by atoms with Gasteiger partial charge in [0.25, 0.3) is 0 Å². The molecule has 1 aliphatic rings. The van der Waals surface area contributed by atoms with Crippen molar-refractivity contribution >= 4 is 34.6 Å². The van der Waals surface area contributed by atoms with Crippen LogP contribution in [0.1, 0.15) is 37.7 Å². The second kappa shape index (κ2) is 12.7. The average molecular weight is 513 g/mol. The summed E-state index contributed by atoms with van der Waals surface area (Å²) in [6, 6.07) is 10.8. The first-order valence-corrected chi connectivity index (χ1v) is 11.8. The van der Waals surface area contributed by atoms with E-state index in [4.69, 9.17) is 16.3 Å². The highest BCUT2D eigenvalue weighted by molar-refractivity contribution is 6.30. The number of carbonyl (C=O) groups excluding carboxylic acids is 1. The van der Waals surface area contributed by atoms with E-state index < -0.39 is 17.4 Å². The van der Waals surface area contributed by atoms with Gasteiger partial charge in [-0.3, -0.25) is 4.79 Å². The maximum atomic E-state index is 13.1. The molecule has 1 saturated carbocycles. The predicted molar refractivity (Wildman–Crippen MR) is 130 cm³/mol. The van der Waals surface area contributed by atoms with E-state index in [0.29, 0.717) is 49.5 Å². The second-order valence-corrected chi connectivity index (χ2v) is 8.82. The molecule has 0 unspecified atom stereocenters. The number of benzene rings is 2. The lowest BCUT2D eigenvalue weighted by molar-refractivity contribution is -0.137. The highest BCUT2D eigenvalue weighted by atomic mass is 35.5. The Morgan fingerprint density at radius 1 is 1.03 bits per heavy atom. The van der Waals surface area contributed by atoms with Gasteiger partial charge in [0.05, 0.1) is 11.7 Å². The van der Waals surface area contributed by atoms with Crippen molar-refractivity contribution in [3.8, 4) is 0 Å². The van der Waals surface area contributed by atoms with Gasteiger partial charge in [-0.1, -0.05) is 11.6 Å². The topological polar surface area (TPSA) is 91.8 Å². The van der Waals surface area contributed by atoms with Crippen molar-refractivity contribution in [1.29, 1.82) is 0 Å². The number of amides is 1. The van der Waals surface area contributed by atoms with E-state index in [1.165, 1.54) is 6.07 Å². The van der Waals surface area contributed by atoms with Crippen LogP contribution in [0, 0.1) is 4.91 Å². The minimum absolute atomic E-state index is 0.0204. The number of nitroso groups, excluding NO2 is 1. The largest absolute Gasteiger partial charge is 0.418 e. The molecule has 35 heavy (non-hydrogen) atoms. The highest BCUT2D eigenvalue weighted by Crippen LogP contribution is 2.38. The second-order valence-electron chi connectivity index (χ2n) is 8.39. The van der Waals surface area contributed by atoms with Gasteiger partial charge in [0.1, 0.15) is 12.3 Å². The fourth-order valence-electron chi connectivity index (χ4n) is 3.90. The average Bonchev–Trinajstić information content (AvgIpc) is 2.84. The Morgan fingerprint density at radius 2 is 1.71 bits per heavy atom. The zero-order valence-electron chi connectivity index (χ0n) is 19.0. The van der Waals surface area contributed by atoms with Crippen LogP contribution in [-0.2, 0) is 15.7 Å². The number of anilines is 2. The molecule has 0 atom stereocenters. The van der Waals surface area contributed by atoms with Gasteiger partial charge in [-0.15, -0.1) is 4.91 Å². The third-order valence-electron chi connectivity index (χ3n) is 5.74. The van der Waals surface area contributed by atoms with Gasteiger partial charge in [-0.05, 0) is 79.7 Å². The number of nitrogens with zero attached hydrogens (tertiary/aromatic N) is 1. The van der Waals surface area contributed by atoms with Crippen LogP contribution in [0.3, 0.4) is 0 Å². The third-order valence-corrected chi connectivity index (χ3v) is 6.00. The lowest BCUT2D eigenvalue weighted by Gasteiger charge is -2.30. The smallest absolute Gasteiger partial charge is 0.385 e. The summed E-state index contributed by atoms with van der Waals surface area (Å²) in [5.74, 6) is -0.180. The highest BCUT2D eigenvalue weighted by Gasteiger charge is 2.34. The van der Waals surface area contributed by atoms with Gasteiger partial charge < -0.3 is 20.7 Å². The van der Waals surface area contributed by atoms with Gasteiger partial charge in [-0.2, -0.15) is 13.2 Å². The zero-order valence-corrected chi connectivity index (χ0v) is 19.8. The van der Waals surface area contributed by atoms with E-state index in [1.807, 2.05) is 12.1 Å². The number of hydrogen-bond donors (Lipinski definition) is 3. The van der Waals surface area contributed by atoms with Crippen LogP contribution in [0.25, 0.3) is 0 Å². The molecule has 0 aromatic heterocycles. The summed E-state index contributed by atoms with van der Waals surface area (Å²) >= 11 is 5.85. The van der Waals surface area contributed by atoms with E-state index in [1.54, 1.807) is 12.1 Å². The minimum atomic E-state index is -4.65. The lowest BCUT2D eigenvalue weighted by Crippen LogP contribution is -2.34. The van der Waals surface area contributed by atoms with Crippen LogP contribution in [0.5, 0.6) is 0 Å². The molecule has 1 aliphatic carbocycles.